The normalized spacial score (nSPS) is 12.2. The zero-order valence-corrected chi connectivity index (χ0v) is 16.8. The van der Waals surface area contributed by atoms with Crippen molar-refractivity contribution in [2.24, 2.45) is 0 Å². The molecule has 5 nitrogen and oxygen atoms in total. The molecule has 1 N–H and O–H groups in total. The average Bonchev–Trinajstić information content (AvgIpc) is 2.66. The number of hydrogen-bond donors (Lipinski definition) is 1. The second-order valence-corrected chi connectivity index (χ2v) is 6.61. The molecule has 0 aliphatic heterocycles. The lowest BCUT2D eigenvalue weighted by Gasteiger charge is -2.24. The lowest BCUT2D eigenvalue weighted by Crippen LogP contribution is -2.33. The van der Waals surface area contributed by atoms with Gasteiger partial charge in [-0.1, -0.05) is 41.9 Å². The number of nitrogens with zero attached hydrogens (tertiary/aromatic N) is 1. The number of rotatable bonds is 8. The van der Waals surface area contributed by atoms with Crippen LogP contribution in [-0.2, 0) is 4.79 Å². The highest BCUT2D eigenvalue weighted by Crippen LogP contribution is 2.36. The third-order valence-corrected chi connectivity index (χ3v) is 4.44. The van der Waals surface area contributed by atoms with Crippen LogP contribution in [0.15, 0.2) is 48.5 Å². The first kappa shape index (κ1) is 20.8. The summed E-state index contributed by atoms with van der Waals surface area (Å²) in [7, 11) is 7.05. The van der Waals surface area contributed by atoms with E-state index in [1.165, 1.54) is 13.2 Å². The molecule has 0 aromatic heterocycles. The first-order chi connectivity index (χ1) is 13.0. The molecule has 0 bridgehead atoms. The van der Waals surface area contributed by atoms with Crippen molar-refractivity contribution < 1.29 is 14.3 Å². The van der Waals surface area contributed by atoms with E-state index in [2.05, 4.69) is 22.3 Å². The van der Waals surface area contributed by atoms with Crippen LogP contribution in [0.2, 0.25) is 5.02 Å². The van der Waals surface area contributed by atoms with Crippen LogP contribution in [0.25, 0.3) is 6.08 Å². The minimum absolute atomic E-state index is 0.0964. The van der Waals surface area contributed by atoms with Gasteiger partial charge in [0.25, 0.3) is 0 Å². The van der Waals surface area contributed by atoms with Crippen molar-refractivity contribution in [3.63, 3.8) is 0 Å². The highest BCUT2D eigenvalue weighted by atomic mass is 35.5. The van der Waals surface area contributed by atoms with Crippen molar-refractivity contribution in [1.82, 2.24) is 10.2 Å². The van der Waals surface area contributed by atoms with Crippen molar-refractivity contribution >= 4 is 23.6 Å². The Kier molecular flexibility index (Phi) is 7.70. The molecule has 1 atom stereocenters. The van der Waals surface area contributed by atoms with Gasteiger partial charge >= 0.3 is 0 Å². The SMILES string of the molecule is COc1cc(/C=C/C(=O)NCC(c2ccccc2)N(C)C)cc(Cl)c1OC. The maximum atomic E-state index is 12.2. The van der Waals surface area contributed by atoms with Crippen LogP contribution < -0.4 is 14.8 Å². The van der Waals surface area contributed by atoms with Crippen LogP contribution in [0, 0.1) is 0 Å². The van der Waals surface area contributed by atoms with Crippen molar-refractivity contribution in [3.8, 4) is 11.5 Å². The van der Waals surface area contributed by atoms with Crippen LogP contribution in [0.4, 0.5) is 0 Å². The van der Waals surface area contributed by atoms with E-state index in [1.54, 1.807) is 25.3 Å². The molecule has 1 amide bonds. The third kappa shape index (κ3) is 5.74. The summed E-state index contributed by atoms with van der Waals surface area (Å²) in [6.07, 6.45) is 3.17. The lowest BCUT2D eigenvalue weighted by atomic mass is 10.1. The number of hydrogen-bond acceptors (Lipinski definition) is 4. The highest BCUT2D eigenvalue weighted by molar-refractivity contribution is 6.32. The molecule has 0 saturated carbocycles. The summed E-state index contributed by atoms with van der Waals surface area (Å²) >= 11 is 6.19. The maximum absolute atomic E-state index is 12.2. The molecule has 144 valence electrons. The number of carbonyl (C=O) groups is 1. The van der Waals surface area contributed by atoms with E-state index in [0.29, 0.717) is 23.1 Å². The lowest BCUT2D eigenvalue weighted by molar-refractivity contribution is -0.116. The Bertz CT molecular complexity index is 792. The second-order valence-electron chi connectivity index (χ2n) is 6.21. The molecular weight excluding hydrogens is 364 g/mol. The predicted molar refractivity (Wildman–Crippen MR) is 109 cm³/mol. The van der Waals surface area contributed by atoms with Crippen molar-refractivity contribution in [2.45, 2.75) is 6.04 Å². The Morgan fingerprint density at radius 2 is 1.89 bits per heavy atom. The molecular formula is C21H25ClN2O3. The van der Waals surface area contributed by atoms with Gasteiger partial charge in [0.1, 0.15) is 0 Å². The largest absolute Gasteiger partial charge is 0.493 e. The number of likely N-dealkylation sites (N-methyl/N-ethyl adjacent to an activating group) is 1. The molecule has 0 radical (unpaired) electrons. The number of benzene rings is 2. The molecule has 2 aromatic carbocycles. The van der Waals surface area contributed by atoms with Gasteiger partial charge < -0.3 is 19.7 Å². The Morgan fingerprint density at radius 3 is 2.48 bits per heavy atom. The zero-order valence-electron chi connectivity index (χ0n) is 16.0. The fraction of sp³-hybridized carbons (Fsp3) is 0.286. The smallest absolute Gasteiger partial charge is 0.244 e. The molecule has 1 unspecified atom stereocenters. The summed E-state index contributed by atoms with van der Waals surface area (Å²) in [5.41, 5.74) is 1.90. The van der Waals surface area contributed by atoms with Crippen LogP contribution in [0.5, 0.6) is 11.5 Å². The van der Waals surface area contributed by atoms with Gasteiger partial charge in [-0.2, -0.15) is 0 Å². The summed E-state index contributed by atoms with van der Waals surface area (Å²) in [6.45, 7) is 0.507. The molecule has 0 aliphatic carbocycles. The summed E-state index contributed by atoms with van der Waals surface area (Å²) < 4.78 is 10.5. The van der Waals surface area contributed by atoms with Gasteiger partial charge in [-0.05, 0) is 43.4 Å². The van der Waals surface area contributed by atoms with Crippen molar-refractivity contribution in [1.29, 1.82) is 0 Å². The monoisotopic (exact) mass is 388 g/mol. The van der Waals surface area contributed by atoms with E-state index < -0.39 is 0 Å². The Labute approximate surface area is 165 Å². The fourth-order valence-corrected chi connectivity index (χ4v) is 3.03. The first-order valence-electron chi connectivity index (χ1n) is 8.55. The molecule has 0 saturated heterocycles. The van der Waals surface area contributed by atoms with Gasteiger partial charge in [0, 0.05) is 12.6 Å². The molecule has 0 fully saturated rings. The number of ether oxygens (including phenoxy) is 2. The van der Waals surface area contributed by atoms with Gasteiger partial charge in [0.05, 0.1) is 25.3 Å². The summed E-state index contributed by atoms with van der Waals surface area (Å²) in [6, 6.07) is 13.7. The number of halogens is 1. The minimum Gasteiger partial charge on any atom is -0.493 e. The topological polar surface area (TPSA) is 50.8 Å². The summed E-state index contributed by atoms with van der Waals surface area (Å²) in [5.74, 6) is 0.808. The molecule has 2 rings (SSSR count). The molecule has 0 heterocycles. The van der Waals surface area contributed by atoms with Crippen molar-refractivity contribution in [3.05, 3.63) is 64.7 Å². The van der Waals surface area contributed by atoms with Crippen LogP contribution in [-0.4, -0.2) is 45.7 Å². The van der Waals surface area contributed by atoms with Gasteiger partial charge in [0.2, 0.25) is 5.91 Å². The second kappa shape index (κ2) is 10.00. The average molecular weight is 389 g/mol. The van der Waals surface area contributed by atoms with E-state index >= 15 is 0 Å². The Balaban J connectivity index is 2.03. The summed E-state index contributed by atoms with van der Waals surface area (Å²) in [5, 5.41) is 3.37. The molecule has 6 heteroatoms. The predicted octanol–water partition coefficient (Wildman–Crippen LogP) is 3.79. The van der Waals surface area contributed by atoms with E-state index in [-0.39, 0.29) is 11.9 Å². The molecule has 27 heavy (non-hydrogen) atoms. The van der Waals surface area contributed by atoms with E-state index in [9.17, 15) is 4.79 Å². The minimum atomic E-state index is -0.177. The molecule has 0 spiro atoms. The molecule has 2 aromatic rings. The quantitative estimate of drug-likeness (QED) is 0.699. The standard InChI is InChI=1S/C21H25ClN2O3/c1-24(2)18(16-8-6-5-7-9-16)14-23-20(25)11-10-15-12-17(22)21(27-4)19(13-15)26-3/h5-13,18H,14H2,1-4H3,(H,23,25)/b11-10+. The van der Waals surface area contributed by atoms with E-state index in [0.717, 1.165) is 11.1 Å². The first-order valence-corrected chi connectivity index (χ1v) is 8.92. The Hall–Kier alpha value is -2.50. The number of carbonyl (C=O) groups excluding carboxylic acids is 1. The van der Waals surface area contributed by atoms with Crippen molar-refractivity contribution in [2.75, 3.05) is 34.9 Å². The third-order valence-electron chi connectivity index (χ3n) is 4.16. The molecule has 0 aliphatic rings. The number of amides is 1. The van der Waals surface area contributed by atoms with E-state index in [1.807, 2.05) is 32.3 Å². The van der Waals surface area contributed by atoms with Gasteiger partial charge in [-0.25, -0.2) is 0 Å². The van der Waals surface area contributed by atoms with Gasteiger partial charge in [-0.15, -0.1) is 0 Å². The zero-order chi connectivity index (χ0) is 19.8. The van der Waals surface area contributed by atoms with Gasteiger partial charge in [-0.3, -0.25) is 4.79 Å². The number of methoxy groups -OCH3 is 2. The van der Waals surface area contributed by atoms with Crippen LogP contribution in [0.1, 0.15) is 17.2 Å². The van der Waals surface area contributed by atoms with E-state index in [4.69, 9.17) is 21.1 Å². The van der Waals surface area contributed by atoms with Gasteiger partial charge in [0.15, 0.2) is 11.5 Å². The Morgan fingerprint density at radius 1 is 1.19 bits per heavy atom. The fourth-order valence-electron chi connectivity index (χ4n) is 2.74. The highest BCUT2D eigenvalue weighted by Gasteiger charge is 2.14. The van der Waals surface area contributed by atoms with Crippen LogP contribution in [0.3, 0.4) is 0 Å². The van der Waals surface area contributed by atoms with Crippen LogP contribution >= 0.6 is 11.6 Å². The summed E-state index contributed by atoms with van der Waals surface area (Å²) in [4.78, 5) is 14.3. The number of nitrogens with one attached hydrogen (secondary N) is 1. The maximum Gasteiger partial charge on any atom is 0.244 e.